The molecule has 7 heteroatoms. The molecule has 0 saturated carbocycles. The molecule has 0 unspecified atom stereocenters. The van der Waals surface area contributed by atoms with Crippen LogP contribution in [-0.4, -0.2) is 16.8 Å². The zero-order valence-electron chi connectivity index (χ0n) is 10.0. The largest absolute Gasteiger partial charge is 0.418 e. The van der Waals surface area contributed by atoms with Crippen LogP contribution in [0.3, 0.4) is 0 Å². The zero-order valence-corrected chi connectivity index (χ0v) is 10.8. The van der Waals surface area contributed by atoms with Crippen molar-refractivity contribution in [2.24, 2.45) is 0 Å². The second-order valence-corrected chi connectivity index (χ2v) is 4.38. The van der Waals surface area contributed by atoms with Crippen molar-refractivity contribution in [1.82, 2.24) is 15.1 Å². The number of hydrogen-bond donors (Lipinski definition) is 1. The highest BCUT2D eigenvalue weighted by Crippen LogP contribution is 2.35. The average Bonchev–Trinajstić information content (AvgIpc) is 2.77. The summed E-state index contributed by atoms with van der Waals surface area (Å²) in [5.74, 6) is 0. The Bertz CT molecular complexity index is 578. The quantitative estimate of drug-likeness (QED) is 0.940. The van der Waals surface area contributed by atoms with Crippen LogP contribution in [0, 0.1) is 0 Å². The highest BCUT2D eigenvalue weighted by molar-refractivity contribution is 6.30. The Labute approximate surface area is 113 Å². The van der Waals surface area contributed by atoms with Gasteiger partial charge in [-0.15, -0.1) is 0 Å². The number of nitrogens with zero attached hydrogens (tertiary/aromatic N) is 2. The van der Waals surface area contributed by atoms with Crippen LogP contribution in [0.2, 0.25) is 5.02 Å². The molecular formula is C12H11ClF3N3. The zero-order chi connectivity index (χ0) is 14.0. The van der Waals surface area contributed by atoms with E-state index in [9.17, 15) is 13.2 Å². The van der Waals surface area contributed by atoms with E-state index in [1.807, 2.05) is 0 Å². The molecule has 0 saturated heterocycles. The first-order valence-corrected chi connectivity index (χ1v) is 5.86. The minimum absolute atomic E-state index is 0.0404. The van der Waals surface area contributed by atoms with E-state index in [4.69, 9.17) is 11.6 Å². The Hall–Kier alpha value is -1.53. The Kier molecular flexibility index (Phi) is 3.82. The summed E-state index contributed by atoms with van der Waals surface area (Å²) in [6.45, 7) is 0.488. The van der Waals surface area contributed by atoms with Gasteiger partial charge in [-0.05, 0) is 31.3 Å². The molecule has 0 amide bonds. The smallest absolute Gasteiger partial charge is 0.314 e. The lowest BCUT2D eigenvalue weighted by molar-refractivity contribution is -0.137. The minimum atomic E-state index is -4.48. The predicted octanol–water partition coefficient (Wildman–Crippen LogP) is 3.26. The maximum absolute atomic E-state index is 13.0. The average molecular weight is 290 g/mol. The molecule has 1 heterocycles. The van der Waals surface area contributed by atoms with E-state index >= 15 is 0 Å². The van der Waals surface area contributed by atoms with Gasteiger partial charge in [0.15, 0.2) is 0 Å². The van der Waals surface area contributed by atoms with E-state index in [2.05, 4.69) is 10.4 Å². The monoisotopic (exact) mass is 289 g/mol. The van der Waals surface area contributed by atoms with Gasteiger partial charge in [0.1, 0.15) is 0 Å². The molecule has 0 aliphatic carbocycles. The number of aromatic nitrogens is 2. The van der Waals surface area contributed by atoms with Gasteiger partial charge in [0.2, 0.25) is 0 Å². The van der Waals surface area contributed by atoms with Gasteiger partial charge in [-0.2, -0.15) is 18.3 Å². The molecule has 0 atom stereocenters. The van der Waals surface area contributed by atoms with Gasteiger partial charge in [0.05, 0.1) is 16.9 Å². The van der Waals surface area contributed by atoms with Crippen molar-refractivity contribution in [3.05, 3.63) is 46.7 Å². The fraction of sp³-hybridized carbons (Fsp3) is 0.250. The number of rotatable bonds is 3. The van der Waals surface area contributed by atoms with Crippen molar-refractivity contribution < 1.29 is 13.2 Å². The van der Waals surface area contributed by atoms with Crippen LogP contribution in [0.15, 0.2) is 30.5 Å². The highest BCUT2D eigenvalue weighted by Gasteiger charge is 2.34. The summed E-state index contributed by atoms with van der Waals surface area (Å²) in [7, 11) is 1.74. The normalized spacial score (nSPS) is 11.8. The standard InChI is InChI=1S/C12H11ClF3N3/c1-17-7-9-4-5-19(18-9)11-3-2-8(13)6-10(11)12(14,15)16/h2-6,17H,7H2,1H3. The molecule has 0 radical (unpaired) electrons. The SMILES string of the molecule is CNCc1ccn(-c2ccc(Cl)cc2C(F)(F)F)n1. The summed E-state index contributed by atoms with van der Waals surface area (Å²) in [5, 5.41) is 7.01. The Morgan fingerprint density at radius 3 is 2.68 bits per heavy atom. The van der Waals surface area contributed by atoms with Crippen LogP contribution < -0.4 is 5.32 Å². The van der Waals surface area contributed by atoms with Crippen molar-refractivity contribution >= 4 is 11.6 Å². The van der Waals surface area contributed by atoms with Crippen molar-refractivity contribution in [2.45, 2.75) is 12.7 Å². The van der Waals surface area contributed by atoms with E-state index in [0.717, 1.165) is 6.07 Å². The summed E-state index contributed by atoms with van der Waals surface area (Å²) in [5.41, 5.74) is -0.191. The topological polar surface area (TPSA) is 29.9 Å². The van der Waals surface area contributed by atoms with Gasteiger partial charge in [-0.1, -0.05) is 11.6 Å². The van der Waals surface area contributed by atoms with E-state index < -0.39 is 11.7 Å². The lowest BCUT2D eigenvalue weighted by Crippen LogP contribution is -2.12. The number of nitrogens with one attached hydrogen (secondary N) is 1. The Morgan fingerprint density at radius 2 is 2.05 bits per heavy atom. The molecular weight excluding hydrogens is 279 g/mol. The maximum atomic E-state index is 13.0. The predicted molar refractivity (Wildman–Crippen MR) is 66.3 cm³/mol. The molecule has 0 aliphatic rings. The maximum Gasteiger partial charge on any atom is 0.418 e. The van der Waals surface area contributed by atoms with Crippen LogP contribution in [0.4, 0.5) is 13.2 Å². The molecule has 3 nitrogen and oxygen atoms in total. The summed E-state index contributed by atoms with van der Waals surface area (Å²) in [6.07, 6.45) is -2.99. The van der Waals surface area contributed by atoms with Crippen molar-refractivity contribution in [3.63, 3.8) is 0 Å². The molecule has 102 valence electrons. The molecule has 1 aromatic carbocycles. The summed E-state index contributed by atoms with van der Waals surface area (Å²) >= 11 is 5.63. The molecule has 0 bridgehead atoms. The van der Waals surface area contributed by atoms with Gasteiger partial charge in [-0.25, -0.2) is 4.68 Å². The first-order valence-electron chi connectivity index (χ1n) is 5.48. The number of halogens is 4. The van der Waals surface area contributed by atoms with Crippen molar-refractivity contribution in [3.8, 4) is 5.69 Å². The highest BCUT2D eigenvalue weighted by atomic mass is 35.5. The van der Waals surface area contributed by atoms with E-state index in [1.54, 1.807) is 13.1 Å². The fourth-order valence-electron chi connectivity index (χ4n) is 1.71. The van der Waals surface area contributed by atoms with E-state index in [-0.39, 0.29) is 10.7 Å². The van der Waals surface area contributed by atoms with Crippen LogP contribution in [0.25, 0.3) is 5.69 Å². The van der Waals surface area contributed by atoms with Crippen LogP contribution in [0.1, 0.15) is 11.3 Å². The van der Waals surface area contributed by atoms with Gasteiger partial charge in [-0.3, -0.25) is 0 Å². The summed E-state index contributed by atoms with van der Waals surface area (Å²) in [6, 6.07) is 5.27. The number of alkyl halides is 3. The minimum Gasteiger partial charge on any atom is -0.314 e. The van der Waals surface area contributed by atoms with Gasteiger partial charge in [0, 0.05) is 17.8 Å². The summed E-state index contributed by atoms with van der Waals surface area (Å²) < 4.78 is 40.1. The molecule has 2 rings (SSSR count). The Balaban J connectivity index is 2.48. The lowest BCUT2D eigenvalue weighted by atomic mass is 10.1. The van der Waals surface area contributed by atoms with Crippen molar-refractivity contribution in [2.75, 3.05) is 7.05 Å². The second kappa shape index (κ2) is 5.22. The van der Waals surface area contributed by atoms with E-state index in [1.165, 1.54) is 23.0 Å². The third kappa shape index (κ3) is 3.08. The molecule has 0 spiro atoms. The van der Waals surface area contributed by atoms with Crippen molar-refractivity contribution in [1.29, 1.82) is 0 Å². The summed E-state index contributed by atoms with van der Waals surface area (Å²) in [4.78, 5) is 0. The molecule has 0 fully saturated rings. The van der Waals surface area contributed by atoms with Gasteiger partial charge in [0.25, 0.3) is 0 Å². The Morgan fingerprint density at radius 1 is 1.32 bits per heavy atom. The molecule has 19 heavy (non-hydrogen) atoms. The molecule has 1 N–H and O–H groups in total. The fourth-order valence-corrected chi connectivity index (χ4v) is 1.88. The molecule has 0 aliphatic heterocycles. The lowest BCUT2D eigenvalue weighted by Gasteiger charge is -2.13. The van der Waals surface area contributed by atoms with Gasteiger partial charge >= 0.3 is 6.18 Å². The molecule has 2 aromatic rings. The van der Waals surface area contributed by atoms with Crippen LogP contribution >= 0.6 is 11.6 Å². The molecule has 1 aromatic heterocycles. The third-order valence-electron chi connectivity index (χ3n) is 2.51. The second-order valence-electron chi connectivity index (χ2n) is 3.94. The van der Waals surface area contributed by atoms with E-state index in [0.29, 0.717) is 12.2 Å². The number of benzene rings is 1. The van der Waals surface area contributed by atoms with Crippen LogP contribution in [0.5, 0.6) is 0 Å². The van der Waals surface area contributed by atoms with Crippen LogP contribution in [-0.2, 0) is 12.7 Å². The van der Waals surface area contributed by atoms with Gasteiger partial charge < -0.3 is 5.32 Å². The first kappa shape index (κ1) is 13.9. The third-order valence-corrected chi connectivity index (χ3v) is 2.75. The number of hydrogen-bond acceptors (Lipinski definition) is 2. The first-order chi connectivity index (χ1) is 8.91.